The molecule has 2 aromatic rings. The average molecular weight is 411 g/mol. The van der Waals surface area contributed by atoms with E-state index in [4.69, 9.17) is 15.2 Å². The van der Waals surface area contributed by atoms with Crippen LogP contribution in [-0.2, 0) is 20.7 Å². The first-order valence-corrected chi connectivity index (χ1v) is 8.88. The molecule has 0 amide bonds. The lowest BCUT2D eigenvalue weighted by atomic mass is 10.1. The number of hydrogen-bond acceptors (Lipinski definition) is 5. The first-order valence-electron chi connectivity index (χ1n) is 8.09. The molecule has 25 heavy (non-hydrogen) atoms. The molecule has 1 atom stereocenters. The van der Waals surface area contributed by atoms with Gasteiger partial charge in [-0.2, -0.15) is 0 Å². The Bertz CT molecular complexity index is 792. The molecule has 1 heterocycles. The summed E-state index contributed by atoms with van der Waals surface area (Å²) < 4.78 is 12.4. The highest BCUT2D eigenvalue weighted by Crippen LogP contribution is 2.32. The van der Waals surface area contributed by atoms with Crippen LogP contribution >= 0.6 is 15.9 Å². The van der Waals surface area contributed by atoms with Crippen molar-refractivity contribution < 1.29 is 19.1 Å². The second-order valence-electron chi connectivity index (χ2n) is 6.66. The molecule has 2 rings (SSSR count). The predicted octanol–water partition coefficient (Wildman–Crippen LogP) is 3.62. The van der Waals surface area contributed by atoms with Gasteiger partial charge in [-0.25, -0.2) is 9.36 Å². The van der Waals surface area contributed by atoms with Crippen LogP contribution in [0.1, 0.15) is 33.3 Å². The number of benzene rings is 1. The summed E-state index contributed by atoms with van der Waals surface area (Å²) in [4.78, 5) is 24.5. The molecule has 7 heteroatoms. The predicted molar refractivity (Wildman–Crippen MR) is 99.6 cm³/mol. The molecular formula is C18H23BrN2O4. The van der Waals surface area contributed by atoms with Gasteiger partial charge in [0.05, 0.1) is 16.7 Å². The number of esters is 1. The summed E-state index contributed by atoms with van der Waals surface area (Å²) in [7, 11) is 0. The van der Waals surface area contributed by atoms with Gasteiger partial charge >= 0.3 is 12.1 Å². The van der Waals surface area contributed by atoms with Gasteiger partial charge < -0.3 is 15.2 Å². The summed E-state index contributed by atoms with van der Waals surface area (Å²) in [5, 5.41) is 0.833. The smallest absolute Gasteiger partial charge is 0.419 e. The van der Waals surface area contributed by atoms with Crippen molar-refractivity contribution in [3.05, 3.63) is 34.4 Å². The van der Waals surface area contributed by atoms with Gasteiger partial charge in [-0.05, 0) is 55.3 Å². The van der Waals surface area contributed by atoms with Crippen LogP contribution in [0, 0.1) is 0 Å². The van der Waals surface area contributed by atoms with Gasteiger partial charge in [-0.15, -0.1) is 0 Å². The van der Waals surface area contributed by atoms with Gasteiger partial charge in [0.25, 0.3) is 0 Å². The van der Waals surface area contributed by atoms with E-state index in [1.54, 1.807) is 6.92 Å². The SMILES string of the molecule is CCOC(=O)[C@@H](N)Cc1c(Br)n(C(=O)OC(C)(C)C)c2ccccc12. The normalized spacial score (nSPS) is 12.9. The number of carbonyl (C=O) groups excluding carboxylic acids is 2. The molecule has 0 fully saturated rings. The second-order valence-corrected chi connectivity index (χ2v) is 7.42. The first kappa shape index (κ1) is 19.5. The van der Waals surface area contributed by atoms with Crippen LogP contribution in [0.4, 0.5) is 4.79 Å². The number of aromatic nitrogens is 1. The minimum absolute atomic E-state index is 0.246. The molecule has 1 aromatic carbocycles. The minimum atomic E-state index is -0.811. The van der Waals surface area contributed by atoms with E-state index < -0.39 is 23.7 Å². The van der Waals surface area contributed by atoms with Crippen molar-refractivity contribution in [2.24, 2.45) is 5.73 Å². The summed E-state index contributed by atoms with van der Waals surface area (Å²) in [5.41, 5.74) is 6.80. The van der Waals surface area contributed by atoms with Gasteiger partial charge in [0.1, 0.15) is 11.6 Å². The summed E-state index contributed by atoms with van der Waals surface area (Å²) >= 11 is 3.47. The Hall–Kier alpha value is -1.86. The highest BCUT2D eigenvalue weighted by Gasteiger charge is 2.26. The summed E-state index contributed by atoms with van der Waals surface area (Å²) in [5.74, 6) is -0.469. The van der Waals surface area contributed by atoms with Gasteiger partial charge in [-0.3, -0.25) is 4.79 Å². The molecule has 0 aliphatic heterocycles. The maximum atomic E-state index is 12.6. The number of hydrogen-bond donors (Lipinski definition) is 1. The largest absolute Gasteiger partial charge is 0.465 e. The first-order chi connectivity index (χ1) is 11.7. The Balaban J connectivity index is 2.47. The summed E-state index contributed by atoms with van der Waals surface area (Å²) in [6, 6.07) is 6.60. The molecule has 0 spiro atoms. The third-order valence-electron chi connectivity index (χ3n) is 3.50. The van der Waals surface area contributed by atoms with Crippen molar-refractivity contribution in [1.29, 1.82) is 0 Å². The molecule has 0 saturated heterocycles. The quantitative estimate of drug-likeness (QED) is 0.777. The van der Waals surface area contributed by atoms with Crippen molar-refractivity contribution in [3.8, 4) is 0 Å². The van der Waals surface area contributed by atoms with Crippen molar-refractivity contribution in [3.63, 3.8) is 0 Å². The van der Waals surface area contributed by atoms with E-state index in [0.717, 1.165) is 10.9 Å². The van der Waals surface area contributed by atoms with Crippen LogP contribution in [0.25, 0.3) is 10.9 Å². The fourth-order valence-electron chi connectivity index (χ4n) is 2.51. The van der Waals surface area contributed by atoms with Crippen LogP contribution in [0.15, 0.2) is 28.9 Å². The summed E-state index contributed by atoms with van der Waals surface area (Å²) in [6.45, 7) is 7.43. The molecule has 0 aliphatic rings. The molecule has 0 unspecified atom stereocenters. The Morgan fingerprint density at radius 3 is 2.52 bits per heavy atom. The van der Waals surface area contributed by atoms with Crippen molar-refractivity contribution in [2.75, 3.05) is 6.61 Å². The lowest BCUT2D eigenvalue weighted by Crippen LogP contribution is -2.34. The van der Waals surface area contributed by atoms with Crippen molar-refractivity contribution >= 4 is 38.9 Å². The number of nitrogens with two attached hydrogens (primary N) is 1. The third-order valence-corrected chi connectivity index (χ3v) is 4.34. The van der Waals surface area contributed by atoms with E-state index in [1.165, 1.54) is 4.57 Å². The Morgan fingerprint density at radius 2 is 1.92 bits per heavy atom. The van der Waals surface area contributed by atoms with Crippen LogP contribution in [0.3, 0.4) is 0 Å². The maximum absolute atomic E-state index is 12.6. The molecule has 2 N–H and O–H groups in total. The molecule has 6 nitrogen and oxygen atoms in total. The lowest BCUT2D eigenvalue weighted by Gasteiger charge is -2.20. The number of carbonyl (C=O) groups is 2. The molecule has 0 radical (unpaired) electrons. The lowest BCUT2D eigenvalue weighted by molar-refractivity contribution is -0.144. The number of para-hydroxylation sites is 1. The number of fused-ring (bicyclic) bond motifs is 1. The van der Waals surface area contributed by atoms with Gasteiger partial charge in [0.15, 0.2) is 0 Å². The fraction of sp³-hybridized carbons (Fsp3) is 0.444. The number of halogens is 1. The second kappa shape index (κ2) is 7.58. The van der Waals surface area contributed by atoms with E-state index in [-0.39, 0.29) is 13.0 Å². The van der Waals surface area contributed by atoms with Gasteiger partial charge in [-0.1, -0.05) is 18.2 Å². The number of nitrogens with zero attached hydrogens (tertiary/aromatic N) is 1. The van der Waals surface area contributed by atoms with E-state index in [0.29, 0.717) is 10.1 Å². The highest BCUT2D eigenvalue weighted by atomic mass is 79.9. The zero-order valence-corrected chi connectivity index (χ0v) is 16.4. The zero-order valence-electron chi connectivity index (χ0n) is 14.8. The van der Waals surface area contributed by atoms with Crippen LogP contribution in [0.5, 0.6) is 0 Å². The Morgan fingerprint density at radius 1 is 1.28 bits per heavy atom. The molecule has 0 bridgehead atoms. The van der Waals surface area contributed by atoms with Crippen LogP contribution in [0.2, 0.25) is 0 Å². The molecule has 0 saturated carbocycles. The molecular weight excluding hydrogens is 388 g/mol. The van der Waals surface area contributed by atoms with Crippen molar-refractivity contribution in [1.82, 2.24) is 4.57 Å². The van der Waals surface area contributed by atoms with E-state index >= 15 is 0 Å². The summed E-state index contributed by atoms with van der Waals surface area (Å²) in [6.07, 6.45) is -0.248. The third kappa shape index (κ3) is 4.41. The number of ether oxygens (including phenoxy) is 2. The average Bonchev–Trinajstić information content (AvgIpc) is 2.78. The van der Waals surface area contributed by atoms with Crippen LogP contribution in [-0.4, -0.2) is 34.9 Å². The van der Waals surface area contributed by atoms with Gasteiger partial charge in [0, 0.05) is 11.8 Å². The number of rotatable bonds is 4. The maximum Gasteiger partial charge on any atom is 0.419 e. The highest BCUT2D eigenvalue weighted by molar-refractivity contribution is 9.10. The minimum Gasteiger partial charge on any atom is -0.465 e. The fourth-order valence-corrected chi connectivity index (χ4v) is 3.22. The zero-order chi connectivity index (χ0) is 18.8. The standard InChI is InChI=1S/C18H23BrN2O4/c1-5-24-16(22)13(20)10-12-11-8-6-7-9-14(11)21(15(12)19)17(23)25-18(2,3)4/h6-9,13H,5,10,20H2,1-4H3/t13-/m0/s1. The van der Waals surface area contributed by atoms with Gasteiger partial charge in [0.2, 0.25) is 0 Å². The van der Waals surface area contributed by atoms with E-state index in [1.807, 2.05) is 45.0 Å². The van der Waals surface area contributed by atoms with Crippen molar-refractivity contribution in [2.45, 2.75) is 45.8 Å². The van der Waals surface area contributed by atoms with E-state index in [2.05, 4.69) is 15.9 Å². The molecule has 0 aliphatic carbocycles. The Kier molecular flexibility index (Phi) is 5.90. The molecule has 136 valence electrons. The van der Waals surface area contributed by atoms with E-state index in [9.17, 15) is 9.59 Å². The van der Waals surface area contributed by atoms with Crippen LogP contribution < -0.4 is 5.73 Å². The topological polar surface area (TPSA) is 83.5 Å². The monoisotopic (exact) mass is 410 g/mol. The molecule has 1 aromatic heterocycles. The Labute approximate surface area is 155 Å².